The van der Waals surface area contributed by atoms with Gasteiger partial charge in [0.15, 0.2) is 0 Å². The van der Waals surface area contributed by atoms with Gasteiger partial charge >= 0.3 is 0 Å². The minimum atomic E-state index is -0.0165. The van der Waals surface area contributed by atoms with Crippen LogP contribution in [0.3, 0.4) is 0 Å². The van der Waals surface area contributed by atoms with Gasteiger partial charge in [-0.3, -0.25) is 14.6 Å². The Morgan fingerprint density at radius 2 is 2.12 bits per heavy atom. The maximum Gasteiger partial charge on any atom is 0.254 e. The number of carbonyl (C=O) groups excluding carboxylic acids is 2. The van der Waals surface area contributed by atoms with E-state index in [1.54, 1.807) is 12.4 Å². The van der Waals surface area contributed by atoms with Crippen molar-refractivity contribution in [2.75, 3.05) is 13.1 Å². The molecule has 26 heavy (non-hydrogen) atoms. The van der Waals surface area contributed by atoms with Gasteiger partial charge in [0, 0.05) is 48.9 Å². The first-order chi connectivity index (χ1) is 12.6. The molecule has 134 valence electrons. The summed E-state index contributed by atoms with van der Waals surface area (Å²) < 4.78 is 0. The Morgan fingerprint density at radius 3 is 2.88 bits per heavy atom. The lowest BCUT2D eigenvalue weighted by Gasteiger charge is -2.18. The number of aryl methyl sites for hydroxylation is 1. The third-order valence-corrected chi connectivity index (χ3v) is 5.74. The number of carbonyl (C=O) groups is 2. The summed E-state index contributed by atoms with van der Waals surface area (Å²) in [5.41, 5.74) is 2.75. The van der Waals surface area contributed by atoms with Gasteiger partial charge in [-0.25, -0.2) is 0 Å². The first-order valence-electron chi connectivity index (χ1n) is 9.11. The van der Waals surface area contributed by atoms with Crippen LogP contribution in [0.1, 0.15) is 34.3 Å². The van der Waals surface area contributed by atoms with E-state index >= 15 is 0 Å². The van der Waals surface area contributed by atoms with E-state index in [1.165, 1.54) is 0 Å². The Bertz CT molecular complexity index is 836. The molecule has 2 heterocycles. The standard InChI is InChI=1S/C21H23N3O2/c1-15-5-2-3-7-17(15)20(26)24-10-8-21(14-24)11-18(21)19(25)23-13-16-6-4-9-22-12-16/h2-7,9,12,18H,8,10-11,13-14H2,1H3,(H,23,25)/t18-,21-/m1/s1. The number of aromatic nitrogens is 1. The summed E-state index contributed by atoms with van der Waals surface area (Å²) in [4.78, 5) is 31.3. The van der Waals surface area contributed by atoms with Crippen LogP contribution < -0.4 is 5.32 Å². The van der Waals surface area contributed by atoms with Crippen LogP contribution in [0.25, 0.3) is 0 Å². The zero-order valence-electron chi connectivity index (χ0n) is 14.9. The number of likely N-dealkylation sites (tertiary alicyclic amines) is 1. The fraction of sp³-hybridized carbons (Fsp3) is 0.381. The van der Waals surface area contributed by atoms with E-state index in [1.807, 2.05) is 48.2 Å². The minimum Gasteiger partial charge on any atom is -0.352 e. The van der Waals surface area contributed by atoms with E-state index in [0.717, 1.165) is 36.1 Å². The highest BCUT2D eigenvalue weighted by Crippen LogP contribution is 2.58. The fourth-order valence-electron chi connectivity index (χ4n) is 4.04. The van der Waals surface area contributed by atoms with Gasteiger partial charge in [0.25, 0.3) is 5.91 Å². The lowest BCUT2D eigenvalue weighted by molar-refractivity contribution is -0.123. The summed E-state index contributed by atoms with van der Waals surface area (Å²) in [6.07, 6.45) is 5.28. The van der Waals surface area contributed by atoms with Crippen molar-refractivity contribution in [1.29, 1.82) is 0 Å². The highest BCUT2D eigenvalue weighted by Gasteiger charge is 2.61. The smallest absolute Gasteiger partial charge is 0.254 e. The fourth-order valence-corrected chi connectivity index (χ4v) is 4.04. The van der Waals surface area contributed by atoms with Crippen molar-refractivity contribution in [1.82, 2.24) is 15.2 Å². The van der Waals surface area contributed by atoms with Crippen LogP contribution >= 0.6 is 0 Å². The molecule has 1 aromatic carbocycles. The number of nitrogens with one attached hydrogen (secondary N) is 1. The number of benzene rings is 1. The monoisotopic (exact) mass is 349 g/mol. The summed E-state index contributed by atoms with van der Waals surface area (Å²) in [5.74, 6) is 0.203. The predicted molar refractivity (Wildman–Crippen MR) is 98.3 cm³/mol. The molecule has 0 unspecified atom stereocenters. The van der Waals surface area contributed by atoms with Gasteiger partial charge in [-0.1, -0.05) is 24.3 Å². The van der Waals surface area contributed by atoms with Crippen molar-refractivity contribution < 1.29 is 9.59 Å². The SMILES string of the molecule is Cc1ccccc1C(=O)N1CC[C@@]2(C[C@@H]2C(=O)NCc2cccnc2)C1. The molecule has 2 fully saturated rings. The Hall–Kier alpha value is -2.69. The number of hydrogen-bond acceptors (Lipinski definition) is 3. The van der Waals surface area contributed by atoms with Crippen molar-refractivity contribution >= 4 is 11.8 Å². The van der Waals surface area contributed by atoms with Crippen LogP contribution in [0, 0.1) is 18.3 Å². The summed E-state index contributed by atoms with van der Waals surface area (Å²) >= 11 is 0. The van der Waals surface area contributed by atoms with Crippen molar-refractivity contribution in [3.63, 3.8) is 0 Å². The minimum absolute atomic E-state index is 0.0165. The largest absolute Gasteiger partial charge is 0.352 e. The van der Waals surface area contributed by atoms with Crippen LogP contribution in [0.2, 0.25) is 0 Å². The van der Waals surface area contributed by atoms with Gasteiger partial charge in [0.05, 0.1) is 0 Å². The van der Waals surface area contributed by atoms with Crippen molar-refractivity contribution in [3.05, 3.63) is 65.5 Å². The molecular formula is C21H23N3O2. The molecule has 1 aromatic heterocycles. The molecule has 4 rings (SSSR count). The quantitative estimate of drug-likeness (QED) is 0.923. The maximum absolute atomic E-state index is 12.8. The van der Waals surface area contributed by atoms with E-state index in [4.69, 9.17) is 0 Å². The second kappa shape index (κ2) is 6.56. The van der Waals surface area contributed by atoms with Crippen LogP contribution in [-0.4, -0.2) is 34.8 Å². The molecule has 0 bridgehead atoms. The van der Waals surface area contributed by atoms with Crippen molar-refractivity contribution in [2.45, 2.75) is 26.3 Å². The van der Waals surface area contributed by atoms with E-state index < -0.39 is 0 Å². The maximum atomic E-state index is 12.8. The topological polar surface area (TPSA) is 62.3 Å². The zero-order chi connectivity index (χ0) is 18.1. The number of pyridine rings is 1. The van der Waals surface area contributed by atoms with E-state index in [0.29, 0.717) is 13.1 Å². The summed E-state index contributed by atoms with van der Waals surface area (Å²) in [7, 11) is 0. The Labute approximate surface area is 153 Å². The van der Waals surface area contributed by atoms with Crippen LogP contribution in [0.15, 0.2) is 48.8 Å². The Morgan fingerprint density at radius 1 is 1.27 bits per heavy atom. The molecule has 2 atom stereocenters. The van der Waals surface area contributed by atoms with Crippen molar-refractivity contribution in [3.8, 4) is 0 Å². The molecule has 1 spiro atoms. The molecule has 0 radical (unpaired) electrons. The second-order valence-corrected chi connectivity index (χ2v) is 7.49. The molecule has 5 heteroatoms. The van der Waals surface area contributed by atoms with Gasteiger partial charge < -0.3 is 10.2 Å². The van der Waals surface area contributed by atoms with Crippen LogP contribution in [0.5, 0.6) is 0 Å². The van der Waals surface area contributed by atoms with Gasteiger partial charge in [0.2, 0.25) is 5.91 Å². The zero-order valence-corrected chi connectivity index (χ0v) is 14.9. The molecule has 2 amide bonds. The Kier molecular flexibility index (Phi) is 4.23. The van der Waals surface area contributed by atoms with Crippen molar-refractivity contribution in [2.24, 2.45) is 11.3 Å². The van der Waals surface area contributed by atoms with Gasteiger partial charge in [0.1, 0.15) is 0 Å². The number of nitrogens with zero attached hydrogens (tertiary/aromatic N) is 2. The molecule has 1 saturated carbocycles. The van der Waals surface area contributed by atoms with E-state index in [2.05, 4.69) is 10.3 Å². The van der Waals surface area contributed by atoms with E-state index in [9.17, 15) is 9.59 Å². The third kappa shape index (κ3) is 3.09. The highest BCUT2D eigenvalue weighted by molar-refractivity contribution is 5.96. The number of amides is 2. The summed E-state index contributed by atoms with van der Waals surface area (Å²) in [6.45, 7) is 3.89. The molecule has 1 aliphatic carbocycles. The molecule has 5 nitrogen and oxygen atoms in total. The normalized spacial score (nSPS) is 23.9. The molecule has 1 saturated heterocycles. The second-order valence-electron chi connectivity index (χ2n) is 7.49. The number of rotatable bonds is 4. The van der Waals surface area contributed by atoms with Gasteiger partial charge in [-0.05, 0) is 43.0 Å². The lowest BCUT2D eigenvalue weighted by Crippen LogP contribution is -2.31. The first-order valence-corrected chi connectivity index (χ1v) is 9.11. The number of hydrogen-bond donors (Lipinski definition) is 1. The van der Waals surface area contributed by atoms with Gasteiger partial charge in [-0.15, -0.1) is 0 Å². The summed E-state index contributed by atoms with van der Waals surface area (Å²) in [6, 6.07) is 11.5. The molecule has 2 aromatic rings. The molecular weight excluding hydrogens is 326 g/mol. The predicted octanol–water partition coefficient (Wildman–Crippen LogP) is 2.56. The van der Waals surface area contributed by atoms with Crippen LogP contribution in [-0.2, 0) is 11.3 Å². The molecule has 1 N–H and O–H groups in total. The molecule has 1 aliphatic heterocycles. The average molecular weight is 349 g/mol. The third-order valence-electron chi connectivity index (χ3n) is 5.74. The summed E-state index contributed by atoms with van der Waals surface area (Å²) in [5, 5.41) is 3.01. The molecule has 2 aliphatic rings. The average Bonchev–Trinajstić information content (AvgIpc) is 3.20. The van der Waals surface area contributed by atoms with Crippen LogP contribution in [0.4, 0.5) is 0 Å². The van der Waals surface area contributed by atoms with E-state index in [-0.39, 0.29) is 23.1 Å². The first kappa shape index (κ1) is 16.8. The lowest BCUT2D eigenvalue weighted by atomic mass is 10.0. The highest BCUT2D eigenvalue weighted by atomic mass is 16.2. The van der Waals surface area contributed by atoms with Gasteiger partial charge in [-0.2, -0.15) is 0 Å². The Balaban J connectivity index is 1.35.